The molecule has 0 saturated heterocycles. The molecule has 0 atom stereocenters. The third kappa shape index (κ3) is 7.72. The number of benzene rings is 1. The quantitative estimate of drug-likeness (QED) is 0.187. The zero-order valence-electron chi connectivity index (χ0n) is 13.2. The molecule has 124 valence electrons. The summed E-state index contributed by atoms with van der Waals surface area (Å²) in [5.41, 5.74) is -0.110. The van der Waals surface area contributed by atoms with E-state index in [1.807, 2.05) is 21.1 Å². The van der Waals surface area contributed by atoms with E-state index in [1.165, 1.54) is 24.3 Å². The van der Waals surface area contributed by atoms with E-state index in [0.29, 0.717) is 11.0 Å². The van der Waals surface area contributed by atoms with Gasteiger partial charge in [0, 0.05) is 24.3 Å². The number of esters is 2. The average Bonchev–Trinajstić information content (AvgIpc) is 2.44. The number of non-ortho nitro benzene ring substituents is 1. The van der Waals surface area contributed by atoms with Gasteiger partial charge < -0.3 is 14.0 Å². The second-order valence-electron chi connectivity index (χ2n) is 5.69. The fourth-order valence-corrected chi connectivity index (χ4v) is 1.39. The van der Waals surface area contributed by atoms with Gasteiger partial charge in [0.2, 0.25) is 0 Å². The lowest BCUT2D eigenvalue weighted by Crippen LogP contribution is -2.37. The van der Waals surface area contributed by atoms with Gasteiger partial charge in [-0.3, -0.25) is 10.1 Å². The Kier molecular flexibility index (Phi) is 6.40. The van der Waals surface area contributed by atoms with Crippen molar-refractivity contribution in [3.05, 3.63) is 46.5 Å². The highest BCUT2D eigenvalue weighted by atomic mass is 16.6. The first-order valence-electron chi connectivity index (χ1n) is 6.79. The summed E-state index contributed by atoms with van der Waals surface area (Å²) in [6.07, 6.45) is 1.92. The molecule has 0 aliphatic heterocycles. The van der Waals surface area contributed by atoms with Gasteiger partial charge >= 0.3 is 11.9 Å². The van der Waals surface area contributed by atoms with Gasteiger partial charge in [-0.1, -0.05) is 0 Å². The third-order valence-corrected chi connectivity index (χ3v) is 2.63. The fourth-order valence-electron chi connectivity index (χ4n) is 1.39. The Morgan fingerprint density at radius 1 is 1.13 bits per heavy atom. The molecule has 1 rings (SSSR count). The smallest absolute Gasteiger partial charge is 0.336 e. The summed E-state index contributed by atoms with van der Waals surface area (Å²) in [4.78, 5) is 32.9. The molecule has 0 unspecified atom stereocenters. The predicted molar refractivity (Wildman–Crippen MR) is 81.7 cm³/mol. The molecule has 0 aromatic heterocycles. The van der Waals surface area contributed by atoms with Crippen LogP contribution in [0.15, 0.2) is 36.4 Å². The Balaban J connectivity index is 2.43. The summed E-state index contributed by atoms with van der Waals surface area (Å²) in [5.74, 6) is -1.27. The molecule has 0 saturated carbocycles. The number of likely N-dealkylation sites (N-methyl/N-ethyl adjacent to an activating group) is 1. The number of hydrogen-bond acceptors (Lipinski definition) is 6. The molecule has 1 aromatic rings. The van der Waals surface area contributed by atoms with Crippen LogP contribution in [0.4, 0.5) is 5.69 Å². The number of carbonyl (C=O) groups is 2. The highest BCUT2D eigenvalue weighted by Crippen LogP contribution is 2.17. The van der Waals surface area contributed by atoms with Gasteiger partial charge in [0.25, 0.3) is 5.69 Å². The molecule has 0 fully saturated rings. The number of rotatable bonds is 7. The first-order valence-corrected chi connectivity index (χ1v) is 6.79. The van der Waals surface area contributed by atoms with Crippen molar-refractivity contribution in [2.45, 2.75) is 0 Å². The minimum absolute atomic E-state index is 0.110. The van der Waals surface area contributed by atoms with Crippen molar-refractivity contribution in [1.29, 1.82) is 0 Å². The zero-order chi connectivity index (χ0) is 17.5. The van der Waals surface area contributed by atoms with E-state index in [9.17, 15) is 19.7 Å². The number of nitro benzene ring substituents is 1. The maximum absolute atomic E-state index is 11.5. The van der Waals surface area contributed by atoms with Crippen LogP contribution in [0.2, 0.25) is 0 Å². The highest BCUT2D eigenvalue weighted by molar-refractivity contribution is 5.92. The average molecular weight is 323 g/mol. The van der Waals surface area contributed by atoms with Crippen LogP contribution in [0.1, 0.15) is 0 Å². The number of nitro groups is 1. The lowest BCUT2D eigenvalue weighted by atomic mass is 10.3. The van der Waals surface area contributed by atoms with Crippen LogP contribution in [0.25, 0.3) is 0 Å². The lowest BCUT2D eigenvalue weighted by molar-refractivity contribution is -0.870. The monoisotopic (exact) mass is 323 g/mol. The molecule has 0 aliphatic rings. The van der Waals surface area contributed by atoms with E-state index in [2.05, 4.69) is 0 Å². The third-order valence-electron chi connectivity index (χ3n) is 2.63. The van der Waals surface area contributed by atoms with Crippen molar-refractivity contribution in [2.75, 3.05) is 34.3 Å². The van der Waals surface area contributed by atoms with Crippen molar-refractivity contribution in [2.24, 2.45) is 0 Å². The molecular weight excluding hydrogens is 304 g/mol. The number of nitrogens with zero attached hydrogens (tertiary/aromatic N) is 2. The predicted octanol–water partition coefficient (Wildman–Crippen LogP) is 1.31. The Labute approximate surface area is 133 Å². The molecule has 0 aliphatic carbocycles. The molecule has 8 nitrogen and oxygen atoms in total. The van der Waals surface area contributed by atoms with E-state index in [0.717, 1.165) is 12.2 Å². The van der Waals surface area contributed by atoms with Crippen molar-refractivity contribution in [3.8, 4) is 5.75 Å². The zero-order valence-corrected chi connectivity index (χ0v) is 13.2. The van der Waals surface area contributed by atoms with E-state index >= 15 is 0 Å². The summed E-state index contributed by atoms with van der Waals surface area (Å²) in [7, 11) is 5.89. The minimum atomic E-state index is -0.776. The largest absolute Gasteiger partial charge is 0.457 e. The van der Waals surface area contributed by atoms with Gasteiger partial charge in [0.05, 0.1) is 26.1 Å². The van der Waals surface area contributed by atoms with Crippen molar-refractivity contribution in [3.63, 3.8) is 0 Å². The van der Waals surface area contributed by atoms with Crippen molar-refractivity contribution < 1.29 is 28.5 Å². The Morgan fingerprint density at radius 2 is 1.70 bits per heavy atom. The number of ether oxygens (including phenoxy) is 2. The SMILES string of the molecule is C[N+](C)(C)CCOC(=O)C=CC(=O)Oc1ccc([N+](=O)[O-])cc1. The highest BCUT2D eigenvalue weighted by Gasteiger charge is 2.09. The standard InChI is InChI=1S/C15H19N2O6/c1-17(2,3)10-11-22-14(18)8-9-15(19)23-13-6-4-12(5-7-13)16(20)21/h4-9H,10-11H2,1-3H3/q+1. The minimum Gasteiger partial charge on any atom is -0.457 e. The normalized spacial score (nSPS) is 11.3. The van der Waals surface area contributed by atoms with Crippen LogP contribution in [0.3, 0.4) is 0 Å². The van der Waals surface area contributed by atoms with Gasteiger partial charge in [-0.05, 0) is 12.1 Å². The number of carbonyl (C=O) groups excluding carboxylic acids is 2. The van der Waals surface area contributed by atoms with E-state index < -0.39 is 16.9 Å². The van der Waals surface area contributed by atoms with Crippen molar-refractivity contribution >= 4 is 17.6 Å². The van der Waals surface area contributed by atoms with Crippen LogP contribution >= 0.6 is 0 Å². The van der Waals surface area contributed by atoms with Crippen LogP contribution < -0.4 is 4.74 Å². The fraction of sp³-hybridized carbons (Fsp3) is 0.333. The Morgan fingerprint density at radius 3 is 2.22 bits per heavy atom. The number of quaternary nitrogens is 1. The molecule has 0 radical (unpaired) electrons. The van der Waals surface area contributed by atoms with E-state index in [-0.39, 0.29) is 18.0 Å². The maximum atomic E-state index is 11.5. The van der Waals surface area contributed by atoms with Crippen LogP contribution in [-0.2, 0) is 14.3 Å². The Hall–Kier alpha value is -2.74. The molecule has 0 bridgehead atoms. The molecular formula is C15H19N2O6+. The van der Waals surface area contributed by atoms with E-state index in [4.69, 9.17) is 9.47 Å². The van der Waals surface area contributed by atoms with Crippen LogP contribution in [0, 0.1) is 10.1 Å². The summed E-state index contributed by atoms with van der Waals surface area (Å²) >= 11 is 0. The van der Waals surface area contributed by atoms with E-state index in [1.54, 1.807) is 0 Å². The molecule has 23 heavy (non-hydrogen) atoms. The van der Waals surface area contributed by atoms with Gasteiger partial charge in [0.1, 0.15) is 18.9 Å². The van der Waals surface area contributed by atoms with Gasteiger partial charge in [0.15, 0.2) is 0 Å². The molecule has 0 N–H and O–H groups in total. The first-order chi connectivity index (χ1) is 10.7. The number of hydrogen-bond donors (Lipinski definition) is 0. The Bertz CT molecular complexity index is 601. The van der Waals surface area contributed by atoms with Crippen LogP contribution in [-0.4, -0.2) is 55.6 Å². The lowest BCUT2D eigenvalue weighted by Gasteiger charge is -2.23. The molecule has 0 heterocycles. The summed E-state index contributed by atoms with van der Waals surface area (Å²) in [6, 6.07) is 5.02. The van der Waals surface area contributed by atoms with Crippen molar-refractivity contribution in [1.82, 2.24) is 0 Å². The summed E-state index contributed by atoms with van der Waals surface area (Å²) < 4.78 is 10.5. The second kappa shape index (κ2) is 8.04. The van der Waals surface area contributed by atoms with Crippen LogP contribution in [0.5, 0.6) is 5.75 Å². The molecule has 0 spiro atoms. The molecule has 8 heteroatoms. The summed E-state index contributed by atoms with van der Waals surface area (Å²) in [6.45, 7) is 0.886. The van der Waals surface area contributed by atoms with Gasteiger partial charge in [-0.2, -0.15) is 0 Å². The molecule has 0 amide bonds. The maximum Gasteiger partial charge on any atom is 0.336 e. The molecule has 1 aromatic carbocycles. The first kappa shape index (κ1) is 18.3. The second-order valence-corrected chi connectivity index (χ2v) is 5.69. The topological polar surface area (TPSA) is 95.7 Å². The van der Waals surface area contributed by atoms with Gasteiger partial charge in [-0.25, -0.2) is 9.59 Å². The van der Waals surface area contributed by atoms with Gasteiger partial charge in [-0.15, -0.1) is 0 Å². The summed E-state index contributed by atoms with van der Waals surface area (Å²) in [5, 5.41) is 10.5.